The molecule has 1 heterocycles. The first-order chi connectivity index (χ1) is 9.15. The molecule has 4 nitrogen and oxygen atoms in total. The lowest BCUT2D eigenvalue weighted by Crippen LogP contribution is -2.47. The summed E-state index contributed by atoms with van der Waals surface area (Å²) in [6.45, 7) is 13.7. The lowest BCUT2D eigenvalue weighted by atomic mass is 9.86. The highest BCUT2D eigenvalue weighted by Crippen LogP contribution is 2.23. The number of hydrogen-bond acceptors (Lipinski definition) is 4. The predicted molar refractivity (Wildman–Crippen MR) is 85.8 cm³/mol. The van der Waals surface area contributed by atoms with Crippen molar-refractivity contribution >= 4 is 9.84 Å². The lowest BCUT2D eigenvalue weighted by molar-refractivity contribution is 0.164. The van der Waals surface area contributed by atoms with Gasteiger partial charge in [-0.05, 0) is 38.3 Å². The fourth-order valence-corrected chi connectivity index (χ4v) is 3.51. The second-order valence-electron chi connectivity index (χ2n) is 7.10. The second kappa shape index (κ2) is 7.23. The maximum Gasteiger partial charge on any atom is 0.150 e. The quantitative estimate of drug-likeness (QED) is 0.843. The molecular formula is C15H32N2O2S. The van der Waals surface area contributed by atoms with Gasteiger partial charge in [0.25, 0.3) is 0 Å². The van der Waals surface area contributed by atoms with Gasteiger partial charge in [-0.15, -0.1) is 0 Å². The van der Waals surface area contributed by atoms with E-state index in [4.69, 9.17) is 0 Å². The fourth-order valence-electron chi connectivity index (χ4n) is 2.65. The first-order valence-corrected chi connectivity index (χ1v) is 9.65. The van der Waals surface area contributed by atoms with Crippen LogP contribution in [0.5, 0.6) is 0 Å². The van der Waals surface area contributed by atoms with E-state index in [1.807, 2.05) is 0 Å². The molecule has 5 heteroatoms. The Kier molecular flexibility index (Phi) is 6.48. The van der Waals surface area contributed by atoms with E-state index in [0.717, 1.165) is 32.5 Å². The van der Waals surface area contributed by atoms with Crippen molar-refractivity contribution in [1.29, 1.82) is 0 Å². The Morgan fingerprint density at radius 3 is 2.50 bits per heavy atom. The summed E-state index contributed by atoms with van der Waals surface area (Å²) in [5, 5.41) is 3.64. The van der Waals surface area contributed by atoms with Crippen LogP contribution in [0.25, 0.3) is 0 Å². The van der Waals surface area contributed by atoms with Gasteiger partial charge in [-0.25, -0.2) is 8.42 Å². The van der Waals surface area contributed by atoms with E-state index >= 15 is 0 Å². The van der Waals surface area contributed by atoms with Gasteiger partial charge in [0.2, 0.25) is 0 Å². The van der Waals surface area contributed by atoms with Gasteiger partial charge >= 0.3 is 0 Å². The molecule has 0 aromatic carbocycles. The molecule has 0 spiro atoms. The Morgan fingerprint density at radius 1 is 1.30 bits per heavy atom. The molecule has 0 aliphatic carbocycles. The summed E-state index contributed by atoms with van der Waals surface area (Å²) in [5.41, 5.74) is 0.234. The van der Waals surface area contributed by atoms with Crippen molar-refractivity contribution in [3.63, 3.8) is 0 Å². The van der Waals surface area contributed by atoms with E-state index in [9.17, 15) is 8.42 Å². The Hall–Kier alpha value is -0.130. The smallest absolute Gasteiger partial charge is 0.150 e. The van der Waals surface area contributed by atoms with Crippen LogP contribution < -0.4 is 5.32 Å². The highest BCUT2D eigenvalue weighted by atomic mass is 32.2. The van der Waals surface area contributed by atoms with Crippen molar-refractivity contribution in [3.05, 3.63) is 0 Å². The van der Waals surface area contributed by atoms with Gasteiger partial charge in [-0.1, -0.05) is 27.7 Å². The number of rotatable bonds is 5. The van der Waals surface area contributed by atoms with Gasteiger partial charge in [0.1, 0.15) is 9.84 Å². The van der Waals surface area contributed by atoms with Gasteiger partial charge in [0.05, 0.1) is 5.75 Å². The van der Waals surface area contributed by atoms with Gasteiger partial charge in [0.15, 0.2) is 0 Å². The molecule has 1 rings (SSSR count). The molecule has 1 saturated heterocycles. The predicted octanol–water partition coefficient (Wildman–Crippen LogP) is 1.91. The molecule has 20 heavy (non-hydrogen) atoms. The van der Waals surface area contributed by atoms with Gasteiger partial charge in [-0.3, -0.25) is 4.90 Å². The number of nitrogens with zero attached hydrogens (tertiary/aromatic N) is 1. The number of sulfone groups is 1. The first kappa shape index (κ1) is 17.9. The van der Waals surface area contributed by atoms with Crippen molar-refractivity contribution in [2.24, 2.45) is 5.41 Å². The molecule has 2 unspecified atom stereocenters. The Bertz CT molecular complexity index is 387. The molecule has 0 aromatic heterocycles. The zero-order valence-corrected chi connectivity index (χ0v) is 14.6. The van der Waals surface area contributed by atoms with Crippen LogP contribution in [0.3, 0.4) is 0 Å². The van der Waals surface area contributed by atoms with Crippen LogP contribution in [0.4, 0.5) is 0 Å². The van der Waals surface area contributed by atoms with Gasteiger partial charge < -0.3 is 5.32 Å². The second-order valence-corrected chi connectivity index (χ2v) is 9.57. The van der Waals surface area contributed by atoms with Crippen molar-refractivity contribution in [1.82, 2.24) is 10.2 Å². The third-order valence-corrected chi connectivity index (χ3v) is 6.17. The summed E-state index contributed by atoms with van der Waals surface area (Å²) in [5.74, 6) is 0.578. The summed E-state index contributed by atoms with van der Waals surface area (Å²) in [7, 11) is -2.83. The monoisotopic (exact) mass is 304 g/mol. The van der Waals surface area contributed by atoms with E-state index in [0.29, 0.717) is 17.8 Å². The van der Waals surface area contributed by atoms with Crippen molar-refractivity contribution < 1.29 is 8.42 Å². The molecule has 1 aliphatic heterocycles. The summed E-state index contributed by atoms with van der Waals surface area (Å²) in [6.07, 6.45) is 1.88. The first-order valence-electron chi connectivity index (χ1n) is 7.83. The normalized spacial score (nSPS) is 26.4. The van der Waals surface area contributed by atoms with E-state index in [1.54, 1.807) is 6.92 Å². The zero-order chi connectivity index (χ0) is 15.4. The summed E-state index contributed by atoms with van der Waals surface area (Å²) < 4.78 is 23.2. The maximum absolute atomic E-state index is 11.6. The standard InChI is InChI=1S/C15H32N2O2S/c1-6-20(18,19)11-7-10-17-12-14(15(3,4)5)16-9-8-13(17)2/h13-14,16H,6-12H2,1-5H3. The molecule has 120 valence electrons. The molecule has 2 atom stereocenters. The van der Waals surface area contributed by atoms with E-state index in [2.05, 4.69) is 37.9 Å². The highest BCUT2D eigenvalue weighted by molar-refractivity contribution is 7.91. The van der Waals surface area contributed by atoms with Crippen LogP contribution in [0.15, 0.2) is 0 Å². The molecule has 0 radical (unpaired) electrons. The van der Waals surface area contributed by atoms with Crippen molar-refractivity contribution in [3.8, 4) is 0 Å². The van der Waals surface area contributed by atoms with Crippen LogP contribution >= 0.6 is 0 Å². The van der Waals surface area contributed by atoms with E-state index in [-0.39, 0.29) is 11.2 Å². The third kappa shape index (κ3) is 5.70. The van der Waals surface area contributed by atoms with Crippen molar-refractivity contribution in [2.75, 3.05) is 31.1 Å². The minimum Gasteiger partial charge on any atom is -0.312 e. The minimum atomic E-state index is -2.83. The summed E-state index contributed by atoms with van der Waals surface area (Å²) in [4.78, 5) is 2.46. The molecule has 1 aliphatic rings. The van der Waals surface area contributed by atoms with Gasteiger partial charge in [0, 0.05) is 24.4 Å². The molecule has 0 aromatic rings. The SMILES string of the molecule is CCS(=O)(=O)CCCN1CC(C(C)(C)C)NCCC1C. The fraction of sp³-hybridized carbons (Fsp3) is 1.00. The van der Waals surface area contributed by atoms with E-state index in [1.165, 1.54) is 0 Å². The van der Waals surface area contributed by atoms with Crippen LogP contribution in [0, 0.1) is 5.41 Å². The number of nitrogens with one attached hydrogen (secondary N) is 1. The Balaban J connectivity index is 2.57. The Morgan fingerprint density at radius 2 is 1.95 bits per heavy atom. The molecule has 1 N–H and O–H groups in total. The van der Waals surface area contributed by atoms with Gasteiger partial charge in [-0.2, -0.15) is 0 Å². The van der Waals surface area contributed by atoms with Crippen LogP contribution in [-0.4, -0.2) is 56.5 Å². The van der Waals surface area contributed by atoms with Crippen LogP contribution in [0.1, 0.15) is 47.5 Å². The lowest BCUT2D eigenvalue weighted by Gasteiger charge is -2.35. The zero-order valence-electron chi connectivity index (χ0n) is 13.8. The summed E-state index contributed by atoms with van der Waals surface area (Å²) in [6, 6.07) is 0.995. The minimum absolute atomic E-state index is 0.234. The summed E-state index contributed by atoms with van der Waals surface area (Å²) >= 11 is 0. The highest BCUT2D eigenvalue weighted by Gasteiger charge is 2.30. The van der Waals surface area contributed by atoms with Crippen molar-refractivity contribution in [2.45, 2.75) is 59.5 Å². The molecule has 1 fully saturated rings. The van der Waals surface area contributed by atoms with Crippen LogP contribution in [-0.2, 0) is 9.84 Å². The largest absolute Gasteiger partial charge is 0.312 e. The number of hydrogen-bond donors (Lipinski definition) is 1. The molecular weight excluding hydrogens is 272 g/mol. The topological polar surface area (TPSA) is 49.4 Å². The maximum atomic E-state index is 11.6. The molecule has 0 saturated carbocycles. The Labute approximate surface area is 125 Å². The third-order valence-electron chi connectivity index (χ3n) is 4.38. The molecule has 0 amide bonds. The average Bonchev–Trinajstić information content (AvgIpc) is 2.51. The average molecular weight is 305 g/mol. The van der Waals surface area contributed by atoms with Crippen LogP contribution in [0.2, 0.25) is 0 Å². The molecule has 0 bridgehead atoms. The van der Waals surface area contributed by atoms with E-state index < -0.39 is 9.84 Å².